The van der Waals surface area contributed by atoms with Gasteiger partial charge in [-0.2, -0.15) is 0 Å². The summed E-state index contributed by atoms with van der Waals surface area (Å²) in [5.74, 6) is 0.812. The zero-order valence-electron chi connectivity index (χ0n) is 9.15. The molecule has 0 saturated carbocycles. The number of rotatable bonds is 3. The Morgan fingerprint density at radius 2 is 2.06 bits per heavy atom. The predicted molar refractivity (Wildman–Crippen MR) is 69.2 cm³/mol. The average molecular weight is 236 g/mol. The van der Waals surface area contributed by atoms with Crippen molar-refractivity contribution in [1.29, 1.82) is 0 Å². The number of thiocarbonyl (C=S) groups is 1. The highest BCUT2D eigenvalue weighted by Crippen LogP contribution is 2.11. The van der Waals surface area contributed by atoms with E-state index >= 15 is 0 Å². The smallest absolute Gasteiger partial charge is 0.141 e. The second-order valence-electron chi connectivity index (χ2n) is 3.93. The zero-order chi connectivity index (χ0) is 11.4. The molecular formula is C11H16N4S. The van der Waals surface area contributed by atoms with Crippen LogP contribution in [0, 0.1) is 0 Å². The maximum absolute atomic E-state index is 5.54. The molecule has 1 fully saturated rings. The Morgan fingerprint density at radius 3 is 2.75 bits per heavy atom. The molecule has 0 aromatic carbocycles. The molecule has 1 aromatic heterocycles. The van der Waals surface area contributed by atoms with Crippen molar-refractivity contribution < 1.29 is 0 Å². The first-order valence-electron chi connectivity index (χ1n) is 5.54. The van der Waals surface area contributed by atoms with Gasteiger partial charge in [-0.25, -0.2) is 9.99 Å². The van der Waals surface area contributed by atoms with E-state index in [2.05, 4.69) is 15.4 Å². The average Bonchev–Trinajstić information content (AvgIpc) is 2.30. The van der Waals surface area contributed by atoms with Gasteiger partial charge >= 0.3 is 0 Å². The summed E-state index contributed by atoms with van der Waals surface area (Å²) in [6, 6.07) is 5.66. The van der Waals surface area contributed by atoms with Gasteiger partial charge < -0.3 is 11.2 Å². The van der Waals surface area contributed by atoms with E-state index in [1.54, 1.807) is 0 Å². The number of nitrogens with zero attached hydrogens (tertiary/aromatic N) is 2. The lowest BCUT2D eigenvalue weighted by Crippen LogP contribution is -2.35. The van der Waals surface area contributed by atoms with Crippen molar-refractivity contribution in [3.8, 4) is 0 Å². The fourth-order valence-corrected chi connectivity index (χ4v) is 1.92. The molecule has 1 aromatic rings. The zero-order valence-corrected chi connectivity index (χ0v) is 9.96. The summed E-state index contributed by atoms with van der Waals surface area (Å²) < 4.78 is 0. The third-order valence-corrected chi connectivity index (χ3v) is 2.84. The molecule has 2 heterocycles. The highest BCUT2D eigenvalue weighted by Gasteiger charge is 2.10. The maximum Gasteiger partial charge on any atom is 0.141 e. The van der Waals surface area contributed by atoms with Gasteiger partial charge in [-0.1, -0.05) is 24.7 Å². The minimum atomic E-state index is 0.335. The number of nitrogens with two attached hydrogens (primary N) is 1. The van der Waals surface area contributed by atoms with E-state index < -0.39 is 0 Å². The largest absolute Gasteiger partial charge is 0.388 e. The van der Waals surface area contributed by atoms with Crippen LogP contribution in [0.1, 0.15) is 25.0 Å². The first-order valence-corrected chi connectivity index (χ1v) is 5.95. The molecule has 2 rings (SSSR count). The van der Waals surface area contributed by atoms with E-state index in [1.807, 2.05) is 18.2 Å². The molecule has 4 nitrogen and oxygen atoms in total. The number of nitrogens with one attached hydrogen (secondary N) is 1. The van der Waals surface area contributed by atoms with Crippen molar-refractivity contribution in [2.45, 2.75) is 19.3 Å². The monoisotopic (exact) mass is 236 g/mol. The number of aromatic nitrogens is 1. The van der Waals surface area contributed by atoms with Gasteiger partial charge in [0.2, 0.25) is 0 Å². The summed E-state index contributed by atoms with van der Waals surface area (Å²) >= 11 is 4.90. The van der Waals surface area contributed by atoms with Gasteiger partial charge in [0.15, 0.2) is 0 Å². The van der Waals surface area contributed by atoms with Gasteiger partial charge in [-0.3, -0.25) is 0 Å². The molecule has 1 aliphatic heterocycles. The molecule has 0 aliphatic carbocycles. The summed E-state index contributed by atoms with van der Waals surface area (Å²) in [4.78, 5) is 4.68. The quantitative estimate of drug-likeness (QED) is 0.779. The molecule has 0 atom stereocenters. The van der Waals surface area contributed by atoms with Crippen molar-refractivity contribution in [3.05, 3.63) is 23.9 Å². The van der Waals surface area contributed by atoms with Crippen molar-refractivity contribution >= 4 is 23.0 Å². The summed E-state index contributed by atoms with van der Waals surface area (Å²) in [6.45, 7) is 2.14. The van der Waals surface area contributed by atoms with Crippen LogP contribution in [0.3, 0.4) is 0 Å². The van der Waals surface area contributed by atoms with Gasteiger partial charge in [0.05, 0.1) is 5.69 Å². The first kappa shape index (κ1) is 11.3. The molecule has 0 amide bonds. The van der Waals surface area contributed by atoms with Crippen LogP contribution < -0.4 is 11.2 Å². The third-order valence-electron chi connectivity index (χ3n) is 2.63. The van der Waals surface area contributed by atoms with Crippen molar-refractivity contribution in [1.82, 2.24) is 9.99 Å². The summed E-state index contributed by atoms with van der Waals surface area (Å²) in [7, 11) is 0. The molecule has 0 bridgehead atoms. The van der Waals surface area contributed by atoms with E-state index in [-0.39, 0.29) is 0 Å². The van der Waals surface area contributed by atoms with Crippen LogP contribution in [0.25, 0.3) is 0 Å². The molecule has 3 N–H and O–H groups in total. The Morgan fingerprint density at radius 1 is 1.31 bits per heavy atom. The van der Waals surface area contributed by atoms with Gasteiger partial charge in [0.1, 0.15) is 10.8 Å². The van der Waals surface area contributed by atoms with E-state index in [1.165, 1.54) is 19.3 Å². The lowest BCUT2D eigenvalue weighted by Gasteiger charge is -2.27. The summed E-state index contributed by atoms with van der Waals surface area (Å²) in [6.07, 6.45) is 3.79. The molecule has 5 heteroatoms. The molecule has 1 aliphatic rings. The van der Waals surface area contributed by atoms with E-state index in [9.17, 15) is 0 Å². The van der Waals surface area contributed by atoms with Crippen LogP contribution in [-0.4, -0.2) is 28.1 Å². The number of pyridine rings is 1. The van der Waals surface area contributed by atoms with Gasteiger partial charge in [0.25, 0.3) is 0 Å². The van der Waals surface area contributed by atoms with E-state index in [4.69, 9.17) is 18.0 Å². The fourth-order valence-electron chi connectivity index (χ4n) is 1.80. The lowest BCUT2D eigenvalue weighted by molar-refractivity contribution is 0.272. The molecule has 0 spiro atoms. The number of hydrazine groups is 1. The Hall–Kier alpha value is -1.20. The lowest BCUT2D eigenvalue weighted by atomic mass is 10.2. The van der Waals surface area contributed by atoms with Gasteiger partial charge in [-0.15, -0.1) is 0 Å². The number of hydrogen-bond acceptors (Lipinski definition) is 4. The van der Waals surface area contributed by atoms with E-state index in [0.717, 1.165) is 18.9 Å². The standard InChI is InChI=1S/C11H16N4S/c12-11(16)9-5-4-6-10(13-9)14-15-7-2-1-3-8-15/h4-6H,1-3,7-8H2,(H2,12,16)(H,13,14). The molecule has 86 valence electrons. The predicted octanol–water partition coefficient (Wildman–Crippen LogP) is 1.53. The minimum absolute atomic E-state index is 0.335. The van der Waals surface area contributed by atoms with Crippen LogP contribution in [0.5, 0.6) is 0 Å². The van der Waals surface area contributed by atoms with Crippen LogP contribution in [0.2, 0.25) is 0 Å². The van der Waals surface area contributed by atoms with Crippen LogP contribution >= 0.6 is 12.2 Å². The highest BCUT2D eigenvalue weighted by molar-refractivity contribution is 7.80. The summed E-state index contributed by atoms with van der Waals surface area (Å²) in [5, 5.41) is 2.19. The van der Waals surface area contributed by atoms with Crippen molar-refractivity contribution in [2.24, 2.45) is 5.73 Å². The van der Waals surface area contributed by atoms with Gasteiger partial charge in [-0.05, 0) is 25.0 Å². The van der Waals surface area contributed by atoms with Crippen molar-refractivity contribution in [3.63, 3.8) is 0 Å². The first-order chi connectivity index (χ1) is 7.75. The second kappa shape index (κ2) is 5.23. The minimum Gasteiger partial charge on any atom is -0.388 e. The van der Waals surface area contributed by atoms with Crippen LogP contribution in [-0.2, 0) is 0 Å². The Kier molecular flexibility index (Phi) is 3.69. The topological polar surface area (TPSA) is 54.2 Å². The Labute approximate surface area is 101 Å². The number of hydrogen-bond donors (Lipinski definition) is 2. The Bertz CT molecular complexity index is 374. The third kappa shape index (κ3) is 2.90. The Balaban J connectivity index is 2.02. The molecule has 16 heavy (non-hydrogen) atoms. The second-order valence-corrected chi connectivity index (χ2v) is 4.37. The molecular weight excluding hydrogens is 220 g/mol. The normalized spacial score (nSPS) is 17.0. The fraction of sp³-hybridized carbons (Fsp3) is 0.455. The van der Waals surface area contributed by atoms with Gasteiger partial charge in [0, 0.05) is 13.1 Å². The maximum atomic E-state index is 5.54. The number of piperidine rings is 1. The summed E-state index contributed by atoms with van der Waals surface area (Å²) in [5.41, 5.74) is 9.49. The molecule has 0 unspecified atom stereocenters. The van der Waals surface area contributed by atoms with Crippen molar-refractivity contribution in [2.75, 3.05) is 18.5 Å². The molecule has 1 saturated heterocycles. The highest BCUT2D eigenvalue weighted by atomic mass is 32.1. The van der Waals surface area contributed by atoms with E-state index in [0.29, 0.717) is 10.7 Å². The molecule has 0 radical (unpaired) electrons. The SMILES string of the molecule is NC(=S)c1cccc(NN2CCCCC2)n1. The number of anilines is 1. The van der Waals surface area contributed by atoms with Crippen LogP contribution in [0.15, 0.2) is 18.2 Å². The van der Waals surface area contributed by atoms with Crippen LogP contribution in [0.4, 0.5) is 5.82 Å².